The second-order valence-electron chi connectivity index (χ2n) is 7.05. The average molecular weight is 407 g/mol. The van der Waals surface area contributed by atoms with Crippen molar-refractivity contribution in [2.45, 2.75) is 56.2 Å². The number of hydrogen-bond acceptors (Lipinski definition) is 9. The van der Waals surface area contributed by atoms with Gasteiger partial charge in [-0.25, -0.2) is 19.7 Å². The van der Waals surface area contributed by atoms with E-state index >= 15 is 0 Å². The van der Waals surface area contributed by atoms with Crippen molar-refractivity contribution in [2.24, 2.45) is 17.2 Å². The topological polar surface area (TPSA) is 223 Å². The molecule has 1 aliphatic heterocycles. The fourth-order valence-corrected chi connectivity index (χ4v) is 3.43. The number of nitrogens with two attached hydrogens (primary N) is 4. The molecule has 13 heteroatoms. The second-order valence-corrected chi connectivity index (χ2v) is 7.05. The Labute approximate surface area is 165 Å². The molecule has 3 rings (SSSR count). The number of nitrogen functional groups attached to an aromatic ring is 1. The number of anilines is 1. The van der Waals surface area contributed by atoms with Crippen molar-refractivity contribution in [3.8, 4) is 0 Å². The van der Waals surface area contributed by atoms with Crippen molar-refractivity contribution in [3.63, 3.8) is 0 Å². The first-order chi connectivity index (χ1) is 13.8. The summed E-state index contributed by atoms with van der Waals surface area (Å²) in [5.41, 5.74) is 23.2. The van der Waals surface area contributed by atoms with E-state index in [0.29, 0.717) is 30.4 Å². The van der Waals surface area contributed by atoms with Gasteiger partial charge in [0.1, 0.15) is 24.1 Å². The van der Waals surface area contributed by atoms with Gasteiger partial charge in [0.05, 0.1) is 18.5 Å². The van der Waals surface area contributed by atoms with E-state index in [-0.39, 0.29) is 18.3 Å². The Morgan fingerprint density at radius 1 is 1.31 bits per heavy atom. The molecule has 1 aliphatic rings. The van der Waals surface area contributed by atoms with Gasteiger partial charge in [0, 0.05) is 12.5 Å². The Kier molecular flexibility index (Phi) is 6.10. The molecule has 10 N–H and O–H groups in total. The smallest absolute Gasteiger partial charge is 0.312 e. The highest BCUT2D eigenvalue weighted by atomic mass is 16.5. The Balaban J connectivity index is 1.58. The molecular formula is C16H25N9O4. The van der Waals surface area contributed by atoms with Crippen LogP contribution >= 0.6 is 0 Å². The molecule has 0 aromatic carbocycles. The van der Waals surface area contributed by atoms with Gasteiger partial charge in [0.25, 0.3) is 0 Å². The summed E-state index contributed by atoms with van der Waals surface area (Å²) in [6.07, 6.45) is 2.45. The largest absolute Gasteiger partial charge is 0.390 e. The molecular weight excluding hydrogens is 382 g/mol. The molecule has 2 aromatic heterocycles. The van der Waals surface area contributed by atoms with Crippen molar-refractivity contribution in [1.82, 2.24) is 24.8 Å². The number of aromatic nitrogens is 4. The molecule has 29 heavy (non-hydrogen) atoms. The second kappa shape index (κ2) is 8.55. The molecule has 1 fully saturated rings. The van der Waals surface area contributed by atoms with Gasteiger partial charge >= 0.3 is 6.03 Å². The fraction of sp³-hybridized carbons (Fsp3) is 0.562. The number of imidazole rings is 1. The van der Waals surface area contributed by atoms with Crippen molar-refractivity contribution < 1.29 is 19.4 Å². The lowest BCUT2D eigenvalue weighted by molar-refractivity contribution is -0.120. The summed E-state index contributed by atoms with van der Waals surface area (Å²) in [6, 6.07) is -2.12. The minimum absolute atomic E-state index is 0.230. The monoisotopic (exact) mass is 407 g/mol. The highest BCUT2D eigenvalue weighted by Crippen LogP contribution is 2.33. The molecule has 0 radical (unpaired) electrons. The zero-order valence-corrected chi connectivity index (χ0v) is 15.6. The first-order valence-corrected chi connectivity index (χ1v) is 9.13. The first kappa shape index (κ1) is 20.7. The highest BCUT2D eigenvalue weighted by molar-refractivity contribution is 5.85. The summed E-state index contributed by atoms with van der Waals surface area (Å²) in [6.45, 7) is 0. The number of fused-ring (bicyclic) bond motifs is 1. The van der Waals surface area contributed by atoms with Crippen LogP contribution < -0.4 is 28.3 Å². The van der Waals surface area contributed by atoms with E-state index in [9.17, 15) is 14.7 Å². The van der Waals surface area contributed by atoms with Crippen LogP contribution in [-0.4, -0.2) is 60.9 Å². The molecule has 0 bridgehead atoms. The number of primary amides is 2. The normalized spacial score (nSPS) is 23.7. The van der Waals surface area contributed by atoms with Gasteiger partial charge in [-0.05, 0) is 19.3 Å². The Morgan fingerprint density at radius 2 is 2.07 bits per heavy atom. The molecule has 5 unspecified atom stereocenters. The van der Waals surface area contributed by atoms with E-state index < -0.39 is 36.4 Å². The third-order valence-electron chi connectivity index (χ3n) is 4.92. The number of amides is 3. The average Bonchev–Trinajstić information content (AvgIpc) is 3.23. The molecule has 13 nitrogen and oxygen atoms in total. The molecule has 1 saturated heterocycles. The minimum atomic E-state index is -0.900. The zero-order chi connectivity index (χ0) is 21.1. The standard InChI is InChI=1S/C16H25N9O4/c17-7(1-2-8(14(19)27)24-16(20)28)3-10-9(26)4-11(29-10)25-6-23-12-13(18)21-5-22-15(12)25/h5-11,26H,1-4,17H2,(H2,19,27)(H2,18,21,22)(H3,20,24,28). The van der Waals surface area contributed by atoms with Gasteiger partial charge in [-0.15, -0.1) is 0 Å². The maximum Gasteiger partial charge on any atom is 0.312 e. The van der Waals surface area contributed by atoms with Crippen LogP contribution in [0.5, 0.6) is 0 Å². The lowest BCUT2D eigenvalue weighted by Crippen LogP contribution is -2.47. The summed E-state index contributed by atoms with van der Waals surface area (Å²) >= 11 is 0. The first-order valence-electron chi connectivity index (χ1n) is 9.13. The van der Waals surface area contributed by atoms with Crippen molar-refractivity contribution in [3.05, 3.63) is 12.7 Å². The van der Waals surface area contributed by atoms with E-state index in [4.69, 9.17) is 27.7 Å². The number of nitrogens with zero attached hydrogens (tertiary/aromatic N) is 4. The summed E-state index contributed by atoms with van der Waals surface area (Å²) in [5.74, 6) is -0.430. The highest BCUT2D eigenvalue weighted by Gasteiger charge is 2.36. The van der Waals surface area contributed by atoms with Crippen LogP contribution in [0.2, 0.25) is 0 Å². The lowest BCUT2D eigenvalue weighted by atomic mass is 9.99. The third kappa shape index (κ3) is 4.70. The summed E-state index contributed by atoms with van der Waals surface area (Å²) in [4.78, 5) is 34.6. The minimum Gasteiger partial charge on any atom is -0.390 e. The molecule has 3 amide bonds. The van der Waals surface area contributed by atoms with E-state index in [1.54, 1.807) is 10.9 Å². The molecule has 158 valence electrons. The van der Waals surface area contributed by atoms with Crippen molar-refractivity contribution >= 4 is 28.9 Å². The number of nitrogens with one attached hydrogen (secondary N) is 1. The number of aliphatic hydroxyl groups excluding tert-OH is 1. The number of carbonyl (C=O) groups is 2. The third-order valence-corrected chi connectivity index (χ3v) is 4.92. The van der Waals surface area contributed by atoms with Crippen LogP contribution in [0.4, 0.5) is 10.6 Å². The predicted molar refractivity (Wildman–Crippen MR) is 102 cm³/mol. The van der Waals surface area contributed by atoms with Gasteiger partial charge in [-0.1, -0.05) is 0 Å². The Bertz CT molecular complexity index is 888. The van der Waals surface area contributed by atoms with E-state index in [2.05, 4.69) is 20.3 Å². The molecule has 0 aliphatic carbocycles. The van der Waals surface area contributed by atoms with E-state index in [1.165, 1.54) is 6.33 Å². The number of aliphatic hydroxyl groups is 1. The van der Waals surface area contributed by atoms with Crippen LogP contribution in [0.3, 0.4) is 0 Å². The zero-order valence-electron chi connectivity index (χ0n) is 15.6. The van der Waals surface area contributed by atoms with Crippen LogP contribution in [0.1, 0.15) is 31.9 Å². The van der Waals surface area contributed by atoms with Crippen LogP contribution in [0.25, 0.3) is 11.2 Å². The molecule has 0 saturated carbocycles. The van der Waals surface area contributed by atoms with Crippen LogP contribution in [0, 0.1) is 0 Å². The number of hydrogen-bond donors (Lipinski definition) is 6. The van der Waals surface area contributed by atoms with Gasteiger partial charge < -0.3 is 38.1 Å². The maximum atomic E-state index is 11.4. The summed E-state index contributed by atoms with van der Waals surface area (Å²) < 4.78 is 7.66. The lowest BCUT2D eigenvalue weighted by Gasteiger charge is -2.21. The Hall–Kier alpha value is -3.03. The molecule has 5 atom stereocenters. The van der Waals surface area contributed by atoms with E-state index in [1.807, 2.05) is 0 Å². The predicted octanol–water partition coefficient (Wildman–Crippen LogP) is -1.92. The fourth-order valence-electron chi connectivity index (χ4n) is 3.43. The van der Waals surface area contributed by atoms with E-state index in [0.717, 1.165) is 0 Å². The van der Waals surface area contributed by atoms with Gasteiger partial charge in [-0.2, -0.15) is 0 Å². The SMILES string of the molecule is NC(=O)NC(CCC(N)CC1OC(n2cnc3c(N)ncnc32)CC1O)C(N)=O. The van der Waals surface area contributed by atoms with Crippen LogP contribution in [0.15, 0.2) is 12.7 Å². The number of rotatable bonds is 8. The van der Waals surface area contributed by atoms with Gasteiger partial charge in [-0.3, -0.25) is 9.36 Å². The van der Waals surface area contributed by atoms with Gasteiger partial charge in [0.15, 0.2) is 11.5 Å². The summed E-state index contributed by atoms with van der Waals surface area (Å²) in [7, 11) is 0. The van der Waals surface area contributed by atoms with Gasteiger partial charge in [0.2, 0.25) is 5.91 Å². The van der Waals surface area contributed by atoms with Crippen LogP contribution in [-0.2, 0) is 9.53 Å². The maximum absolute atomic E-state index is 11.4. The summed E-state index contributed by atoms with van der Waals surface area (Å²) in [5, 5.41) is 12.7. The van der Waals surface area contributed by atoms with Crippen molar-refractivity contribution in [1.29, 1.82) is 0 Å². The molecule has 2 aromatic rings. The number of carbonyl (C=O) groups excluding carboxylic acids is 2. The van der Waals surface area contributed by atoms with Crippen molar-refractivity contribution in [2.75, 3.05) is 5.73 Å². The molecule has 3 heterocycles. The molecule has 0 spiro atoms. The Morgan fingerprint density at radius 3 is 2.76 bits per heavy atom. The quantitative estimate of drug-likeness (QED) is 0.286. The number of urea groups is 1. The number of ether oxygens (including phenoxy) is 1.